The first-order valence-corrected chi connectivity index (χ1v) is 6.60. The summed E-state index contributed by atoms with van der Waals surface area (Å²) < 4.78 is 13.1. The van der Waals surface area contributed by atoms with Crippen LogP contribution in [-0.4, -0.2) is 30.3 Å². The molecule has 1 aromatic carbocycles. The van der Waals surface area contributed by atoms with Crippen molar-refractivity contribution in [1.29, 1.82) is 0 Å². The molecule has 0 N–H and O–H groups in total. The number of rotatable bonds is 7. The van der Waals surface area contributed by atoms with Gasteiger partial charge in [0.25, 0.3) is 0 Å². The molecule has 0 atom stereocenters. The van der Waals surface area contributed by atoms with Crippen LogP contribution in [0.5, 0.6) is 0 Å². The van der Waals surface area contributed by atoms with E-state index in [1.807, 2.05) is 0 Å². The third-order valence-electron chi connectivity index (χ3n) is 2.93. The van der Waals surface area contributed by atoms with Crippen molar-refractivity contribution < 1.29 is 9.18 Å². The highest BCUT2D eigenvalue weighted by Gasteiger charge is 2.12. The van der Waals surface area contributed by atoms with Gasteiger partial charge in [0, 0.05) is 5.56 Å². The van der Waals surface area contributed by atoms with E-state index in [1.165, 1.54) is 6.07 Å². The largest absolute Gasteiger partial charge is 0.296 e. The molecule has 0 radical (unpaired) electrons. The molecular formula is C15H22FNO. The van der Waals surface area contributed by atoms with E-state index >= 15 is 0 Å². The maximum absolute atomic E-state index is 13.1. The van der Waals surface area contributed by atoms with E-state index in [4.69, 9.17) is 0 Å². The fourth-order valence-electron chi connectivity index (χ4n) is 2.01. The van der Waals surface area contributed by atoms with Crippen LogP contribution in [0.2, 0.25) is 0 Å². The van der Waals surface area contributed by atoms with E-state index in [-0.39, 0.29) is 11.6 Å². The van der Waals surface area contributed by atoms with Gasteiger partial charge >= 0.3 is 0 Å². The van der Waals surface area contributed by atoms with E-state index in [0.29, 0.717) is 17.7 Å². The van der Waals surface area contributed by atoms with Crippen molar-refractivity contribution in [2.24, 2.45) is 0 Å². The van der Waals surface area contributed by atoms with Gasteiger partial charge in [0.05, 0.1) is 6.54 Å². The van der Waals surface area contributed by atoms with E-state index < -0.39 is 0 Å². The van der Waals surface area contributed by atoms with Gasteiger partial charge in [-0.3, -0.25) is 9.69 Å². The van der Waals surface area contributed by atoms with Crippen LogP contribution in [0, 0.1) is 12.7 Å². The number of benzene rings is 1. The van der Waals surface area contributed by atoms with Crippen molar-refractivity contribution in [2.45, 2.75) is 33.6 Å². The SMILES string of the molecule is CCCN(CCC)CC(=O)c1ccc(F)c(C)c1. The standard InChI is InChI=1S/C15H22FNO/c1-4-8-17(9-5-2)11-15(18)13-6-7-14(16)12(3)10-13/h6-7,10H,4-5,8-9,11H2,1-3H3. The number of aryl methyl sites for hydroxylation is 1. The predicted octanol–water partition coefficient (Wildman–Crippen LogP) is 3.44. The lowest BCUT2D eigenvalue weighted by Crippen LogP contribution is -2.31. The van der Waals surface area contributed by atoms with Crippen LogP contribution >= 0.6 is 0 Å². The summed E-state index contributed by atoms with van der Waals surface area (Å²) in [6.07, 6.45) is 2.07. The van der Waals surface area contributed by atoms with Crippen LogP contribution in [0.15, 0.2) is 18.2 Å². The Kier molecular flexibility index (Phi) is 5.99. The summed E-state index contributed by atoms with van der Waals surface area (Å²) in [6.45, 7) is 8.18. The highest BCUT2D eigenvalue weighted by molar-refractivity contribution is 5.97. The van der Waals surface area contributed by atoms with Crippen molar-refractivity contribution in [3.8, 4) is 0 Å². The Labute approximate surface area is 109 Å². The van der Waals surface area contributed by atoms with Gasteiger partial charge in [-0.1, -0.05) is 13.8 Å². The number of ketones is 1. The lowest BCUT2D eigenvalue weighted by Gasteiger charge is -2.20. The van der Waals surface area contributed by atoms with Gasteiger partial charge in [-0.2, -0.15) is 0 Å². The Morgan fingerprint density at radius 2 is 1.83 bits per heavy atom. The maximum atomic E-state index is 13.1. The molecule has 0 aromatic heterocycles. The minimum Gasteiger partial charge on any atom is -0.296 e. The molecule has 1 rings (SSSR count). The van der Waals surface area contributed by atoms with Crippen molar-refractivity contribution in [3.63, 3.8) is 0 Å². The molecule has 2 nitrogen and oxygen atoms in total. The predicted molar refractivity (Wildman–Crippen MR) is 72.5 cm³/mol. The monoisotopic (exact) mass is 251 g/mol. The van der Waals surface area contributed by atoms with Crippen molar-refractivity contribution in [2.75, 3.05) is 19.6 Å². The van der Waals surface area contributed by atoms with E-state index in [2.05, 4.69) is 18.7 Å². The van der Waals surface area contributed by atoms with Crippen LogP contribution in [-0.2, 0) is 0 Å². The fraction of sp³-hybridized carbons (Fsp3) is 0.533. The molecule has 0 unspecified atom stereocenters. The number of carbonyl (C=O) groups is 1. The second-order valence-electron chi connectivity index (χ2n) is 4.66. The first kappa shape index (κ1) is 14.8. The molecule has 0 aliphatic heterocycles. The quantitative estimate of drug-likeness (QED) is 0.692. The highest BCUT2D eigenvalue weighted by Crippen LogP contribution is 2.10. The summed E-state index contributed by atoms with van der Waals surface area (Å²) in [4.78, 5) is 14.3. The lowest BCUT2D eigenvalue weighted by molar-refractivity contribution is 0.0930. The first-order chi connectivity index (χ1) is 8.58. The average molecular weight is 251 g/mol. The molecule has 0 saturated carbocycles. The summed E-state index contributed by atoms with van der Waals surface area (Å²) in [5.74, 6) is -0.189. The summed E-state index contributed by atoms with van der Waals surface area (Å²) in [5.41, 5.74) is 1.13. The summed E-state index contributed by atoms with van der Waals surface area (Å²) in [5, 5.41) is 0. The zero-order valence-corrected chi connectivity index (χ0v) is 11.5. The number of carbonyl (C=O) groups excluding carboxylic acids is 1. The van der Waals surface area contributed by atoms with Crippen molar-refractivity contribution in [1.82, 2.24) is 4.90 Å². The van der Waals surface area contributed by atoms with Crippen molar-refractivity contribution >= 4 is 5.78 Å². The number of hydrogen-bond donors (Lipinski definition) is 0. The number of halogens is 1. The van der Waals surface area contributed by atoms with E-state index in [9.17, 15) is 9.18 Å². The number of nitrogens with zero attached hydrogens (tertiary/aromatic N) is 1. The van der Waals surface area contributed by atoms with Crippen LogP contribution < -0.4 is 0 Å². The Bertz CT molecular complexity index is 397. The zero-order chi connectivity index (χ0) is 13.5. The molecule has 0 bridgehead atoms. The molecule has 0 fully saturated rings. The Balaban J connectivity index is 2.70. The summed E-state index contributed by atoms with van der Waals surface area (Å²) >= 11 is 0. The maximum Gasteiger partial charge on any atom is 0.176 e. The van der Waals surface area contributed by atoms with E-state index in [1.54, 1.807) is 19.1 Å². The minimum atomic E-state index is -0.259. The second-order valence-corrected chi connectivity index (χ2v) is 4.66. The van der Waals surface area contributed by atoms with Gasteiger partial charge < -0.3 is 0 Å². The molecule has 18 heavy (non-hydrogen) atoms. The average Bonchev–Trinajstić information content (AvgIpc) is 2.33. The van der Waals surface area contributed by atoms with Crippen LogP contribution in [0.25, 0.3) is 0 Å². The Morgan fingerprint density at radius 3 is 2.33 bits per heavy atom. The molecule has 1 aromatic rings. The normalized spacial score (nSPS) is 10.9. The second kappa shape index (κ2) is 7.27. The van der Waals surface area contributed by atoms with Gasteiger partial charge in [0.15, 0.2) is 5.78 Å². The number of hydrogen-bond acceptors (Lipinski definition) is 2. The molecule has 0 aliphatic carbocycles. The molecule has 0 spiro atoms. The van der Waals surface area contributed by atoms with Gasteiger partial charge in [-0.05, 0) is 56.6 Å². The lowest BCUT2D eigenvalue weighted by atomic mass is 10.1. The third-order valence-corrected chi connectivity index (χ3v) is 2.93. The fourth-order valence-corrected chi connectivity index (χ4v) is 2.01. The highest BCUT2D eigenvalue weighted by atomic mass is 19.1. The summed E-state index contributed by atoms with van der Waals surface area (Å²) in [7, 11) is 0. The summed E-state index contributed by atoms with van der Waals surface area (Å²) in [6, 6.07) is 4.57. The Hall–Kier alpha value is -1.22. The van der Waals surface area contributed by atoms with Gasteiger partial charge in [0.1, 0.15) is 5.82 Å². The van der Waals surface area contributed by atoms with Gasteiger partial charge in [-0.15, -0.1) is 0 Å². The first-order valence-electron chi connectivity index (χ1n) is 6.60. The minimum absolute atomic E-state index is 0.0694. The third kappa shape index (κ3) is 4.22. The van der Waals surface area contributed by atoms with Crippen LogP contribution in [0.3, 0.4) is 0 Å². The van der Waals surface area contributed by atoms with Crippen molar-refractivity contribution in [3.05, 3.63) is 35.1 Å². The zero-order valence-electron chi connectivity index (χ0n) is 11.5. The van der Waals surface area contributed by atoms with E-state index in [0.717, 1.165) is 25.9 Å². The van der Waals surface area contributed by atoms with Crippen LogP contribution in [0.4, 0.5) is 4.39 Å². The molecule has 3 heteroatoms. The molecular weight excluding hydrogens is 229 g/mol. The van der Waals surface area contributed by atoms with Gasteiger partial charge in [0.2, 0.25) is 0 Å². The molecule has 0 aliphatic rings. The molecule has 0 heterocycles. The van der Waals surface area contributed by atoms with Crippen LogP contribution in [0.1, 0.15) is 42.6 Å². The van der Waals surface area contributed by atoms with Gasteiger partial charge in [-0.25, -0.2) is 4.39 Å². The molecule has 0 amide bonds. The number of Topliss-reactive ketones (excluding diaryl/α,β-unsaturated/α-hetero) is 1. The smallest absolute Gasteiger partial charge is 0.176 e. The molecule has 0 saturated heterocycles. The molecule has 100 valence electrons. The topological polar surface area (TPSA) is 20.3 Å². The Morgan fingerprint density at radius 1 is 1.22 bits per heavy atom.